The van der Waals surface area contributed by atoms with Crippen molar-refractivity contribution < 1.29 is 27.2 Å². The van der Waals surface area contributed by atoms with Crippen LogP contribution in [0.3, 0.4) is 0 Å². The maximum absolute atomic E-state index is 12.5. The van der Waals surface area contributed by atoms with E-state index in [-0.39, 0.29) is 6.07 Å². The molecule has 1 aromatic carbocycles. The highest BCUT2D eigenvalue weighted by Gasteiger charge is 2.30. The van der Waals surface area contributed by atoms with Crippen LogP contribution in [0.4, 0.5) is 17.3 Å². The fourth-order valence-electron chi connectivity index (χ4n) is 0.999. The Labute approximate surface area is 76.2 Å². The molecule has 0 aliphatic rings. The number of aromatic carboxylic acids is 1. The normalized spacial score (nSPS) is 11.4. The second kappa shape index (κ2) is 3.32. The molecule has 2 nitrogen and oxygen atoms in total. The quantitative estimate of drug-likeness (QED) is 0.590. The summed E-state index contributed by atoms with van der Waals surface area (Å²) in [4.78, 5) is 10.4. The minimum atomic E-state index is -5.51. The summed E-state index contributed by atoms with van der Waals surface area (Å²) < 4.78 is 49.1. The summed E-state index contributed by atoms with van der Waals surface area (Å²) >= 11 is 0. The Kier molecular flexibility index (Phi) is 2.50. The summed E-state index contributed by atoms with van der Waals surface area (Å²) in [6, 6.07) is 1.46. The maximum atomic E-state index is 12.5. The van der Waals surface area contributed by atoms with E-state index in [9.17, 15) is 22.1 Å². The third kappa shape index (κ3) is 2.04. The summed E-state index contributed by atoms with van der Waals surface area (Å²) in [5.74, 6) is -2.83. The number of carboxylic acid groups (broad SMARTS) is 1. The number of rotatable bonds is 2. The lowest BCUT2D eigenvalue weighted by atomic mass is 9.77. The van der Waals surface area contributed by atoms with E-state index in [2.05, 4.69) is 0 Å². The summed E-state index contributed by atoms with van der Waals surface area (Å²) in [5.41, 5.74) is -2.35. The van der Waals surface area contributed by atoms with Gasteiger partial charge in [-0.25, -0.2) is 9.18 Å². The Morgan fingerprint density at radius 3 is 2.29 bits per heavy atom. The Morgan fingerprint density at radius 1 is 1.29 bits per heavy atom. The third-order valence-electron chi connectivity index (χ3n) is 1.60. The average molecular weight is 207 g/mol. The van der Waals surface area contributed by atoms with E-state index in [1.807, 2.05) is 0 Å². The van der Waals surface area contributed by atoms with Crippen LogP contribution in [-0.2, 0) is 0 Å². The van der Waals surface area contributed by atoms with Crippen molar-refractivity contribution in [2.75, 3.05) is 0 Å². The molecule has 76 valence electrons. The van der Waals surface area contributed by atoms with Gasteiger partial charge >= 0.3 is 12.9 Å². The van der Waals surface area contributed by atoms with Gasteiger partial charge in [-0.05, 0) is 12.1 Å². The Morgan fingerprint density at radius 2 is 1.86 bits per heavy atom. The number of carboxylic acids is 1. The Balaban J connectivity index is 3.38. The Bertz CT molecular complexity index is 374. The van der Waals surface area contributed by atoms with Crippen LogP contribution in [0.5, 0.6) is 0 Å². The van der Waals surface area contributed by atoms with Gasteiger partial charge in [-0.15, -0.1) is 0 Å². The molecule has 0 bridgehead atoms. The fourth-order valence-corrected chi connectivity index (χ4v) is 0.999. The molecular weight excluding hydrogens is 203 g/mol. The lowest BCUT2D eigenvalue weighted by Gasteiger charge is -2.17. The van der Waals surface area contributed by atoms with Gasteiger partial charge in [-0.3, -0.25) is 0 Å². The largest absolute Gasteiger partial charge is 0.510 e. The standard InChI is InChI=1S/C7H4BF4O2/c9-4-1-2-5(7(13)14)6(3-4)8(10,11)12/h1-3H,(H,13,14)/q-1. The van der Waals surface area contributed by atoms with Crippen molar-refractivity contribution in [3.63, 3.8) is 0 Å². The molecular formula is C7H4BF4O2-. The number of benzene rings is 1. The fraction of sp³-hybridized carbons (Fsp3) is 0. The highest BCUT2D eigenvalue weighted by atomic mass is 19.4. The van der Waals surface area contributed by atoms with Gasteiger partial charge < -0.3 is 18.1 Å². The van der Waals surface area contributed by atoms with E-state index < -0.39 is 29.8 Å². The molecule has 0 aliphatic carbocycles. The summed E-state index contributed by atoms with van der Waals surface area (Å²) in [7, 11) is 0. The lowest BCUT2D eigenvalue weighted by molar-refractivity contribution is 0.0697. The zero-order chi connectivity index (χ0) is 10.9. The van der Waals surface area contributed by atoms with Crippen LogP contribution < -0.4 is 5.46 Å². The number of hydrogen-bond donors (Lipinski definition) is 1. The van der Waals surface area contributed by atoms with Gasteiger partial charge in [0.2, 0.25) is 0 Å². The van der Waals surface area contributed by atoms with E-state index in [0.29, 0.717) is 12.1 Å². The second-order valence-electron chi connectivity index (χ2n) is 2.61. The lowest BCUT2D eigenvalue weighted by Crippen LogP contribution is -2.38. The zero-order valence-corrected chi connectivity index (χ0v) is 6.68. The van der Waals surface area contributed by atoms with Crippen molar-refractivity contribution in [1.82, 2.24) is 0 Å². The molecule has 0 aliphatic heterocycles. The molecule has 0 amide bonds. The Hall–Kier alpha value is -1.53. The van der Waals surface area contributed by atoms with Gasteiger partial charge in [0.05, 0.1) is 0 Å². The van der Waals surface area contributed by atoms with E-state index in [1.54, 1.807) is 0 Å². The summed E-state index contributed by atoms with van der Waals surface area (Å²) in [6.07, 6.45) is 0. The van der Waals surface area contributed by atoms with E-state index in [0.717, 1.165) is 0 Å². The first-order valence-electron chi connectivity index (χ1n) is 3.55. The molecule has 1 rings (SSSR count). The number of carbonyl (C=O) groups is 1. The maximum Gasteiger partial charge on any atom is 0.510 e. The van der Waals surface area contributed by atoms with Crippen molar-refractivity contribution in [2.45, 2.75) is 0 Å². The topological polar surface area (TPSA) is 37.3 Å². The van der Waals surface area contributed by atoms with Gasteiger partial charge in [0, 0.05) is 5.56 Å². The summed E-state index contributed by atoms with van der Waals surface area (Å²) in [6.45, 7) is -5.51. The van der Waals surface area contributed by atoms with Crippen LogP contribution in [0.25, 0.3) is 0 Å². The van der Waals surface area contributed by atoms with Crippen LogP contribution >= 0.6 is 0 Å². The molecule has 0 atom stereocenters. The average Bonchev–Trinajstić information content (AvgIpc) is 2.01. The van der Waals surface area contributed by atoms with Crippen molar-refractivity contribution >= 4 is 18.4 Å². The monoisotopic (exact) mass is 207 g/mol. The molecule has 0 fully saturated rings. The second-order valence-corrected chi connectivity index (χ2v) is 2.61. The molecule has 0 aromatic heterocycles. The molecule has 14 heavy (non-hydrogen) atoms. The van der Waals surface area contributed by atoms with Gasteiger partial charge in [-0.1, -0.05) is 11.5 Å². The first-order valence-corrected chi connectivity index (χ1v) is 3.55. The van der Waals surface area contributed by atoms with Crippen LogP contribution in [0.2, 0.25) is 0 Å². The van der Waals surface area contributed by atoms with E-state index in [4.69, 9.17) is 5.11 Å². The zero-order valence-electron chi connectivity index (χ0n) is 6.68. The molecule has 0 spiro atoms. The number of halogens is 4. The minimum absolute atomic E-state index is 0.184. The highest BCUT2D eigenvalue weighted by Crippen LogP contribution is 2.13. The van der Waals surface area contributed by atoms with Gasteiger partial charge in [0.15, 0.2) is 0 Å². The van der Waals surface area contributed by atoms with Gasteiger partial charge in [-0.2, -0.15) is 0 Å². The minimum Gasteiger partial charge on any atom is -0.478 e. The predicted octanol–water partition coefficient (Wildman–Crippen LogP) is 1.58. The van der Waals surface area contributed by atoms with Crippen LogP contribution in [0.1, 0.15) is 10.4 Å². The molecule has 0 saturated carbocycles. The van der Waals surface area contributed by atoms with E-state index >= 15 is 0 Å². The molecule has 0 unspecified atom stereocenters. The smallest absolute Gasteiger partial charge is 0.478 e. The predicted molar refractivity (Wildman–Crippen MR) is 42.1 cm³/mol. The molecule has 7 heteroatoms. The van der Waals surface area contributed by atoms with Crippen molar-refractivity contribution in [1.29, 1.82) is 0 Å². The first kappa shape index (κ1) is 10.6. The third-order valence-corrected chi connectivity index (χ3v) is 1.60. The molecule has 1 aromatic rings. The van der Waals surface area contributed by atoms with Crippen LogP contribution in [-0.4, -0.2) is 18.1 Å². The SMILES string of the molecule is O=C(O)c1ccc(F)cc1[B-](F)(F)F. The van der Waals surface area contributed by atoms with Crippen LogP contribution in [0.15, 0.2) is 18.2 Å². The van der Waals surface area contributed by atoms with Gasteiger partial charge in [0.1, 0.15) is 5.82 Å². The van der Waals surface area contributed by atoms with Gasteiger partial charge in [0.25, 0.3) is 0 Å². The van der Waals surface area contributed by atoms with Crippen molar-refractivity contribution in [3.8, 4) is 0 Å². The van der Waals surface area contributed by atoms with E-state index in [1.165, 1.54) is 0 Å². The molecule has 0 heterocycles. The highest BCUT2D eigenvalue weighted by molar-refractivity contribution is 6.74. The van der Waals surface area contributed by atoms with Crippen LogP contribution in [0, 0.1) is 5.82 Å². The van der Waals surface area contributed by atoms with Crippen molar-refractivity contribution in [2.24, 2.45) is 0 Å². The number of hydrogen-bond acceptors (Lipinski definition) is 1. The molecule has 0 radical (unpaired) electrons. The first-order chi connectivity index (χ1) is 6.32. The van der Waals surface area contributed by atoms with Crippen molar-refractivity contribution in [3.05, 3.63) is 29.6 Å². The molecule has 0 saturated heterocycles. The summed E-state index contributed by atoms with van der Waals surface area (Å²) in [5, 5.41) is 8.41. The molecule has 1 N–H and O–H groups in total.